The van der Waals surface area contributed by atoms with E-state index >= 15 is 0 Å². The molecule has 1 N–H and O–H groups in total. The van der Waals surface area contributed by atoms with E-state index in [0.717, 1.165) is 11.4 Å². The van der Waals surface area contributed by atoms with Gasteiger partial charge in [-0.2, -0.15) is 5.10 Å². The number of aromatic nitrogens is 3. The summed E-state index contributed by atoms with van der Waals surface area (Å²) in [5, 5.41) is 6.46. The summed E-state index contributed by atoms with van der Waals surface area (Å²) in [6.45, 7) is 4.11. The molecule has 16 heavy (non-hydrogen) atoms. The van der Waals surface area contributed by atoms with Crippen molar-refractivity contribution in [3.05, 3.63) is 64.9 Å². The van der Waals surface area contributed by atoms with Gasteiger partial charge in [-0.05, 0) is 5.56 Å². The minimum atomic E-state index is -0.189. The lowest BCUT2D eigenvalue weighted by molar-refractivity contribution is 0.734. The Hall–Kier alpha value is -2.10. The Balaban J connectivity index is 2.28. The Bertz CT molecular complexity index is 525. The predicted octanol–water partition coefficient (Wildman–Crippen LogP) is 1.35. The average Bonchev–Trinajstić information content (AvgIpc) is 2.64. The average molecular weight is 215 g/mol. The monoisotopic (exact) mass is 215 g/mol. The van der Waals surface area contributed by atoms with E-state index in [1.807, 2.05) is 30.3 Å². The second-order valence-corrected chi connectivity index (χ2v) is 3.51. The first kappa shape index (κ1) is 10.4. The van der Waals surface area contributed by atoms with Crippen molar-refractivity contribution in [2.24, 2.45) is 0 Å². The van der Waals surface area contributed by atoms with Gasteiger partial charge in [-0.15, -0.1) is 6.58 Å². The van der Waals surface area contributed by atoms with Crippen molar-refractivity contribution in [3.8, 4) is 0 Å². The fourth-order valence-corrected chi connectivity index (χ4v) is 1.58. The molecule has 0 radical (unpaired) electrons. The van der Waals surface area contributed by atoms with Crippen LogP contribution in [0.15, 0.2) is 47.8 Å². The molecular formula is C12H13N3O. The zero-order valence-corrected chi connectivity index (χ0v) is 8.89. The van der Waals surface area contributed by atoms with Crippen LogP contribution in [0.5, 0.6) is 0 Å². The molecule has 4 heteroatoms. The minimum Gasteiger partial charge on any atom is -0.275 e. The second-order valence-electron chi connectivity index (χ2n) is 3.51. The first-order valence-corrected chi connectivity index (χ1v) is 5.10. The molecule has 82 valence electrons. The number of aromatic amines is 1. The maximum atomic E-state index is 11.4. The lowest BCUT2D eigenvalue weighted by Crippen LogP contribution is -2.18. The molecule has 0 atom stereocenters. The smallest absolute Gasteiger partial charge is 0.275 e. The number of benzene rings is 1. The molecule has 0 fully saturated rings. The standard InChI is InChI=1S/C12H13N3O/c1-2-8-15-11(13-14-12(15)16)9-10-6-4-3-5-7-10/h2-7H,1,8-9H2,(H,14,16). The van der Waals surface area contributed by atoms with Crippen LogP contribution in [0.3, 0.4) is 0 Å². The summed E-state index contributed by atoms with van der Waals surface area (Å²) in [5.41, 5.74) is 0.942. The maximum absolute atomic E-state index is 11.4. The number of allylic oxidation sites excluding steroid dienone is 1. The number of rotatable bonds is 4. The number of nitrogens with zero attached hydrogens (tertiary/aromatic N) is 2. The van der Waals surface area contributed by atoms with Crippen molar-refractivity contribution < 1.29 is 0 Å². The first-order valence-electron chi connectivity index (χ1n) is 5.10. The Morgan fingerprint density at radius 3 is 2.81 bits per heavy atom. The van der Waals surface area contributed by atoms with Gasteiger partial charge in [-0.3, -0.25) is 4.57 Å². The molecule has 4 nitrogen and oxygen atoms in total. The largest absolute Gasteiger partial charge is 0.343 e. The van der Waals surface area contributed by atoms with Crippen LogP contribution in [0, 0.1) is 0 Å². The molecule has 0 aliphatic heterocycles. The third kappa shape index (κ3) is 2.11. The van der Waals surface area contributed by atoms with Crippen molar-refractivity contribution >= 4 is 0 Å². The highest BCUT2D eigenvalue weighted by Crippen LogP contribution is 2.05. The molecular weight excluding hydrogens is 202 g/mol. The minimum absolute atomic E-state index is 0.189. The van der Waals surface area contributed by atoms with Crippen LogP contribution >= 0.6 is 0 Å². The van der Waals surface area contributed by atoms with Gasteiger partial charge >= 0.3 is 5.69 Å². The highest BCUT2D eigenvalue weighted by molar-refractivity contribution is 5.18. The van der Waals surface area contributed by atoms with E-state index in [-0.39, 0.29) is 5.69 Å². The van der Waals surface area contributed by atoms with Gasteiger partial charge in [-0.1, -0.05) is 36.4 Å². The van der Waals surface area contributed by atoms with Gasteiger partial charge in [0.05, 0.1) is 0 Å². The molecule has 0 aliphatic carbocycles. The van der Waals surface area contributed by atoms with Crippen LogP contribution in [-0.4, -0.2) is 14.8 Å². The zero-order valence-electron chi connectivity index (χ0n) is 8.89. The van der Waals surface area contributed by atoms with E-state index < -0.39 is 0 Å². The normalized spacial score (nSPS) is 10.2. The van der Waals surface area contributed by atoms with E-state index in [9.17, 15) is 4.79 Å². The number of nitrogens with one attached hydrogen (secondary N) is 1. The molecule has 1 heterocycles. The number of hydrogen-bond donors (Lipinski definition) is 1. The Kier molecular flexibility index (Phi) is 3.00. The molecule has 0 saturated heterocycles. The van der Waals surface area contributed by atoms with Crippen LogP contribution in [0.25, 0.3) is 0 Å². The second kappa shape index (κ2) is 4.61. The summed E-state index contributed by atoms with van der Waals surface area (Å²) in [6.07, 6.45) is 2.33. The number of hydrogen-bond acceptors (Lipinski definition) is 2. The van der Waals surface area contributed by atoms with E-state index in [0.29, 0.717) is 13.0 Å². The SMILES string of the molecule is C=CCn1c(Cc2ccccc2)n[nH]c1=O. The van der Waals surface area contributed by atoms with Gasteiger partial charge in [0.2, 0.25) is 0 Å². The van der Waals surface area contributed by atoms with Gasteiger partial charge in [0.15, 0.2) is 0 Å². The lowest BCUT2D eigenvalue weighted by atomic mass is 10.1. The molecule has 2 rings (SSSR count). The van der Waals surface area contributed by atoms with Crippen LogP contribution in [0.2, 0.25) is 0 Å². The third-order valence-corrected chi connectivity index (χ3v) is 2.35. The summed E-state index contributed by atoms with van der Waals surface area (Å²) >= 11 is 0. The summed E-state index contributed by atoms with van der Waals surface area (Å²) in [6, 6.07) is 9.93. The van der Waals surface area contributed by atoms with E-state index in [2.05, 4.69) is 16.8 Å². The molecule has 1 aromatic carbocycles. The topological polar surface area (TPSA) is 50.7 Å². The lowest BCUT2D eigenvalue weighted by Gasteiger charge is -2.02. The van der Waals surface area contributed by atoms with Gasteiger partial charge in [0.25, 0.3) is 0 Å². The summed E-state index contributed by atoms with van der Waals surface area (Å²) in [4.78, 5) is 11.4. The summed E-state index contributed by atoms with van der Waals surface area (Å²) < 4.78 is 1.58. The fraction of sp³-hybridized carbons (Fsp3) is 0.167. The van der Waals surface area contributed by atoms with Crippen molar-refractivity contribution in [3.63, 3.8) is 0 Å². The summed E-state index contributed by atoms with van der Waals surface area (Å²) in [5.74, 6) is 0.733. The van der Waals surface area contributed by atoms with Crippen molar-refractivity contribution in [2.75, 3.05) is 0 Å². The first-order chi connectivity index (χ1) is 7.81. The van der Waals surface area contributed by atoms with E-state index in [1.54, 1.807) is 10.6 Å². The van der Waals surface area contributed by atoms with Crippen LogP contribution in [0.1, 0.15) is 11.4 Å². The molecule has 2 aromatic rings. The molecule has 0 amide bonds. The van der Waals surface area contributed by atoms with E-state index in [4.69, 9.17) is 0 Å². The van der Waals surface area contributed by atoms with Crippen molar-refractivity contribution in [2.45, 2.75) is 13.0 Å². The van der Waals surface area contributed by atoms with Crippen LogP contribution in [-0.2, 0) is 13.0 Å². The fourth-order valence-electron chi connectivity index (χ4n) is 1.58. The molecule has 0 saturated carbocycles. The van der Waals surface area contributed by atoms with E-state index in [1.165, 1.54) is 0 Å². The number of H-pyrrole nitrogens is 1. The maximum Gasteiger partial charge on any atom is 0.343 e. The Labute approximate surface area is 93.2 Å². The predicted molar refractivity (Wildman–Crippen MR) is 62.3 cm³/mol. The molecule has 0 bridgehead atoms. The highest BCUT2D eigenvalue weighted by atomic mass is 16.1. The third-order valence-electron chi connectivity index (χ3n) is 2.35. The molecule has 0 unspecified atom stereocenters. The molecule has 1 aromatic heterocycles. The van der Waals surface area contributed by atoms with Crippen molar-refractivity contribution in [1.82, 2.24) is 14.8 Å². The van der Waals surface area contributed by atoms with Crippen molar-refractivity contribution in [1.29, 1.82) is 0 Å². The Morgan fingerprint density at radius 2 is 2.12 bits per heavy atom. The molecule has 0 aliphatic rings. The van der Waals surface area contributed by atoms with Gasteiger partial charge in [0.1, 0.15) is 5.82 Å². The van der Waals surface area contributed by atoms with Gasteiger partial charge < -0.3 is 0 Å². The molecule has 0 spiro atoms. The zero-order chi connectivity index (χ0) is 11.4. The highest BCUT2D eigenvalue weighted by Gasteiger charge is 2.06. The summed E-state index contributed by atoms with van der Waals surface area (Å²) in [7, 11) is 0. The quantitative estimate of drug-likeness (QED) is 0.783. The van der Waals surface area contributed by atoms with Crippen LogP contribution < -0.4 is 5.69 Å². The Morgan fingerprint density at radius 1 is 1.38 bits per heavy atom. The van der Waals surface area contributed by atoms with Gasteiger partial charge in [0, 0.05) is 13.0 Å². The van der Waals surface area contributed by atoms with Gasteiger partial charge in [-0.25, -0.2) is 9.89 Å². The van der Waals surface area contributed by atoms with Crippen LogP contribution in [0.4, 0.5) is 0 Å².